The Kier molecular flexibility index (Phi) is 4.34. The van der Waals surface area contributed by atoms with Crippen molar-refractivity contribution in [3.63, 3.8) is 0 Å². The summed E-state index contributed by atoms with van der Waals surface area (Å²) in [5, 5.41) is 2.54. The summed E-state index contributed by atoms with van der Waals surface area (Å²) in [6.07, 6.45) is -4.51. The van der Waals surface area contributed by atoms with E-state index in [1.807, 2.05) is 0 Å². The van der Waals surface area contributed by atoms with Crippen molar-refractivity contribution in [3.05, 3.63) is 34.9 Å². The van der Waals surface area contributed by atoms with Gasteiger partial charge in [0.2, 0.25) is 0 Å². The monoisotopic (exact) mass is 260 g/mol. The zero-order chi connectivity index (χ0) is 13.9. The molecular formula is C12H15F3N2O. The Morgan fingerprint density at radius 3 is 2.44 bits per heavy atom. The molecule has 100 valence electrons. The van der Waals surface area contributed by atoms with E-state index in [1.54, 1.807) is 13.8 Å². The van der Waals surface area contributed by atoms with Gasteiger partial charge in [-0.05, 0) is 31.5 Å². The van der Waals surface area contributed by atoms with Gasteiger partial charge < -0.3 is 11.1 Å². The second kappa shape index (κ2) is 5.39. The van der Waals surface area contributed by atoms with Crippen molar-refractivity contribution in [2.75, 3.05) is 0 Å². The maximum absolute atomic E-state index is 12.8. The summed E-state index contributed by atoms with van der Waals surface area (Å²) in [6, 6.07) is 3.27. The van der Waals surface area contributed by atoms with Crippen LogP contribution >= 0.6 is 0 Å². The van der Waals surface area contributed by atoms with Crippen LogP contribution in [0.2, 0.25) is 0 Å². The number of nitrogens with two attached hydrogens (primary N) is 1. The lowest BCUT2D eigenvalue weighted by atomic mass is 10.0. The third-order valence-electron chi connectivity index (χ3n) is 2.32. The molecule has 1 amide bonds. The largest absolute Gasteiger partial charge is 0.416 e. The van der Waals surface area contributed by atoms with Crippen LogP contribution in [0.15, 0.2) is 18.2 Å². The number of carbonyl (C=O) groups excluding carboxylic acids is 1. The van der Waals surface area contributed by atoms with Gasteiger partial charge in [-0.3, -0.25) is 4.79 Å². The molecule has 0 heterocycles. The van der Waals surface area contributed by atoms with Crippen molar-refractivity contribution in [1.29, 1.82) is 0 Å². The van der Waals surface area contributed by atoms with Gasteiger partial charge in [-0.2, -0.15) is 13.2 Å². The molecule has 0 aliphatic rings. The van der Waals surface area contributed by atoms with Crippen LogP contribution < -0.4 is 11.1 Å². The van der Waals surface area contributed by atoms with Gasteiger partial charge in [0.05, 0.1) is 5.56 Å². The summed E-state index contributed by atoms with van der Waals surface area (Å²) in [6.45, 7) is 3.24. The summed E-state index contributed by atoms with van der Waals surface area (Å²) in [5.41, 5.74) is 4.35. The molecule has 18 heavy (non-hydrogen) atoms. The highest BCUT2D eigenvalue weighted by Crippen LogP contribution is 2.32. The van der Waals surface area contributed by atoms with E-state index >= 15 is 0 Å². The first-order chi connectivity index (χ1) is 8.25. The van der Waals surface area contributed by atoms with Crippen LogP contribution in [0.3, 0.4) is 0 Å². The first kappa shape index (κ1) is 14.5. The summed E-state index contributed by atoms with van der Waals surface area (Å²) in [7, 11) is 0. The quantitative estimate of drug-likeness (QED) is 0.876. The number of rotatable bonds is 3. The van der Waals surface area contributed by atoms with Gasteiger partial charge in [-0.25, -0.2) is 0 Å². The molecule has 0 spiro atoms. The van der Waals surface area contributed by atoms with Crippen LogP contribution in [-0.4, -0.2) is 11.9 Å². The first-order valence-corrected chi connectivity index (χ1v) is 5.46. The number of amides is 1. The highest BCUT2D eigenvalue weighted by atomic mass is 19.4. The maximum atomic E-state index is 12.8. The third kappa shape index (κ3) is 3.46. The molecule has 0 bridgehead atoms. The van der Waals surface area contributed by atoms with Gasteiger partial charge in [0.1, 0.15) is 0 Å². The average molecular weight is 260 g/mol. The minimum Gasteiger partial charge on any atom is -0.350 e. The van der Waals surface area contributed by atoms with Crippen LogP contribution in [0.4, 0.5) is 13.2 Å². The Morgan fingerprint density at radius 2 is 2.00 bits per heavy atom. The van der Waals surface area contributed by atoms with Crippen molar-refractivity contribution < 1.29 is 18.0 Å². The number of hydrogen-bond acceptors (Lipinski definition) is 2. The van der Waals surface area contributed by atoms with Gasteiger partial charge in [0, 0.05) is 18.2 Å². The van der Waals surface area contributed by atoms with Gasteiger partial charge >= 0.3 is 6.18 Å². The van der Waals surface area contributed by atoms with Crippen LogP contribution in [-0.2, 0) is 12.7 Å². The smallest absolute Gasteiger partial charge is 0.350 e. The molecular weight excluding hydrogens is 245 g/mol. The second-order valence-electron chi connectivity index (χ2n) is 4.20. The molecule has 0 atom stereocenters. The predicted octanol–water partition coefficient (Wildman–Crippen LogP) is 2.30. The van der Waals surface area contributed by atoms with Crippen LogP contribution in [0.5, 0.6) is 0 Å². The lowest BCUT2D eigenvalue weighted by molar-refractivity contribution is -0.138. The van der Waals surface area contributed by atoms with Gasteiger partial charge in [-0.15, -0.1) is 0 Å². The topological polar surface area (TPSA) is 55.1 Å². The Balaban J connectivity index is 3.15. The molecule has 6 heteroatoms. The fraction of sp³-hybridized carbons (Fsp3) is 0.417. The zero-order valence-corrected chi connectivity index (χ0v) is 10.1. The molecule has 1 aromatic carbocycles. The Hall–Kier alpha value is -1.56. The van der Waals surface area contributed by atoms with Crippen LogP contribution in [0.25, 0.3) is 0 Å². The summed E-state index contributed by atoms with van der Waals surface area (Å²) in [4.78, 5) is 11.6. The van der Waals surface area contributed by atoms with E-state index < -0.39 is 17.6 Å². The molecule has 0 radical (unpaired) electrons. The summed E-state index contributed by atoms with van der Waals surface area (Å²) >= 11 is 0. The van der Waals surface area contributed by atoms with E-state index in [2.05, 4.69) is 5.32 Å². The molecule has 0 saturated heterocycles. The van der Waals surface area contributed by atoms with E-state index in [-0.39, 0.29) is 23.7 Å². The zero-order valence-electron chi connectivity index (χ0n) is 10.1. The van der Waals surface area contributed by atoms with Crippen LogP contribution in [0.1, 0.15) is 35.3 Å². The van der Waals surface area contributed by atoms with E-state index in [0.717, 1.165) is 6.07 Å². The van der Waals surface area contributed by atoms with Crippen molar-refractivity contribution in [1.82, 2.24) is 5.32 Å². The minimum atomic E-state index is -4.51. The number of carbonyl (C=O) groups is 1. The SMILES string of the molecule is CC(C)NC(=O)c1ccc(CN)c(C(F)(F)F)c1. The van der Waals surface area contributed by atoms with E-state index in [0.29, 0.717) is 0 Å². The van der Waals surface area contributed by atoms with Gasteiger partial charge in [0.15, 0.2) is 0 Å². The molecule has 0 unspecified atom stereocenters. The highest BCUT2D eigenvalue weighted by molar-refractivity contribution is 5.94. The first-order valence-electron chi connectivity index (χ1n) is 5.46. The summed E-state index contributed by atoms with van der Waals surface area (Å²) in [5.74, 6) is -0.529. The number of nitrogens with one attached hydrogen (secondary N) is 1. The van der Waals surface area contributed by atoms with E-state index in [1.165, 1.54) is 12.1 Å². The Bertz CT molecular complexity index is 441. The molecule has 0 aliphatic carbocycles. The van der Waals surface area contributed by atoms with Gasteiger partial charge in [0.25, 0.3) is 5.91 Å². The lowest BCUT2D eigenvalue weighted by Gasteiger charge is -2.14. The molecule has 3 N–H and O–H groups in total. The summed E-state index contributed by atoms with van der Waals surface area (Å²) < 4.78 is 38.3. The molecule has 1 rings (SSSR count). The highest BCUT2D eigenvalue weighted by Gasteiger charge is 2.33. The maximum Gasteiger partial charge on any atom is 0.416 e. The molecule has 3 nitrogen and oxygen atoms in total. The standard InChI is InChI=1S/C12H15F3N2O/c1-7(2)17-11(18)8-3-4-9(6-16)10(5-8)12(13,14)15/h3-5,7H,6,16H2,1-2H3,(H,17,18). The number of benzene rings is 1. The fourth-order valence-electron chi connectivity index (χ4n) is 1.51. The normalized spacial score (nSPS) is 11.7. The van der Waals surface area contributed by atoms with Crippen molar-refractivity contribution in [3.8, 4) is 0 Å². The fourth-order valence-corrected chi connectivity index (χ4v) is 1.51. The number of alkyl halides is 3. The molecule has 0 saturated carbocycles. The van der Waals surface area contributed by atoms with E-state index in [4.69, 9.17) is 5.73 Å². The van der Waals surface area contributed by atoms with Crippen molar-refractivity contribution in [2.45, 2.75) is 32.6 Å². The Morgan fingerprint density at radius 1 is 1.39 bits per heavy atom. The molecule has 1 aromatic rings. The minimum absolute atomic E-state index is 0.0202. The van der Waals surface area contributed by atoms with Crippen molar-refractivity contribution in [2.24, 2.45) is 5.73 Å². The van der Waals surface area contributed by atoms with E-state index in [9.17, 15) is 18.0 Å². The number of hydrogen-bond donors (Lipinski definition) is 2. The van der Waals surface area contributed by atoms with Gasteiger partial charge in [-0.1, -0.05) is 6.07 Å². The third-order valence-corrected chi connectivity index (χ3v) is 2.32. The Labute approximate surface area is 103 Å². The number of halogens is 3. The lowest BCUT2D eigenvalue weighted by Crippen LogP contribution is -2.30. The average Bonchev–Trinajstić information content (AvgIpc) is 2.26. The second-order valence-corrected chi connectivity index (χ2v) is 4.20. The predicted molar refractivity (Wildman–Crippen MR) is 61.9 cm³/mol. The molecule has 0 aromatic heterocycles. The molecule has 0 fully saturated rings. The van der Waals surface area contributed by atoms with Crippen molar-refractivity contribution >= 4 is 5.91 Å². The molecule has 0 aliphatic heterocycles. The van der Waals surface area contributed by atoms with Crippen LogP contribution in [0, 0.1) is 0 Å².